The van der Waals surface area contributed by atoms with Gasteiger partial charge >= 0.3 is 0 Å². The predicted molar refractivity (Wildman–Crippen MR) is 45.2 cm³/mol. The predicted octanol–water partition coefficient (Wildman–Crippen LogP) is 1.66. The number of H-pyrrole nitrogens is 1. The average molecular weight is 153 g/mol. The zero-order valence-corrected chi connectivity index (χ0v) is 7.81. The van der Waals surface area contributed by atoms with E-state index in [1.165, 1.54) is 5.82 Å². The number of aromatic nitrogens is 2. The van der Waals surface area contributed by atoms with Gasteiger partial charge in [0.05, 0.1) is 6.54 Å². The summed E-state index contributed by atoms with van der Waals surface area (Å²) in [5.74, 6) is 1.22. The summed E-state index contributed by atoms with van der Waals surface area (Å²) in [6, 6.07) is 0. The number of nitrogens with zero attached hydrogens (tertiary/aromatic N) is 1. The van der Waals surface area contributed by atoms with E-state index in [1.54, 1.807) is 0 Å². The lowest BCUT2D eigenvalue weighted by atomic mass is 9.97. The second-order valence-corrected chi connectivity index (χ2v) is 4.23. The molecule has 0 radical (unpaired) electrons. The molecule has 2 heteroatoms. The molecule has 1 N–H and O–H groups in total. The minimum absolute atomic E-state index is 0.359. The molecule has 62 valence electrons. The van der Waals surface area contributed by atoms with Gasteiger partial charge in [-0.1, -0.05) is 20.8 Å². The fourth-order valence-corrected chi connectivity index (χ4v) is 1.12. The first-order chi connectivity index (χ1) is 4.99. The number of imidazole rings is 1. The maximum Gasteiger partial charge on any atom is 0.251 e. The third-order valence-electron chi connectivity index (χ3n) is 1.62. The van der Waals surface area contributed by atoms with Gasteiger partial charge in [-0.3, -0.25) is 0 Å². The Morgan fingerprint density at radius 2 is 2.09 bits per heavy atom. The van der Waals surface area contributed by atoms with Crippen molar-refractivity contribution in [2.24, 2.45) is 5.41 Å². The molecule has 0 aliphatic carbocycles. The van der Waals surface area contributed by atoms with Crippen molar-refractivity contribution in [1.29, 1.82) is 0 Å². The summed E-state index contributed by atoms with van der Waals surface area (Å²) in [6.45, 7) is 9.89. The first-order valence-corrected chi connectivity index (χ1v) is 4.02. The van der Waals surface area contributed by atoms with E-state index in [9.17, 15) is 0 Å². The quantitative estimate of drug-likeness (QED) is 0.592. The number of aryl methyl sites for hydroxylation is 1. The Morgan fingerprint density at radius 1 is 1.45 bits per heavy atom. The molecular formula is C9H17N2+. The van der Waals surface area contributed by atoms with Gasteiger partial charge in [0.1, 0.15) is 12.4 Å². The fraction of sp³-hybridized carbons (Fsp3) is 0.667. The van der Waals surface area contributed by atoms with E-state index in [1.807, 2.05) is 6.20 Å². The molecule has 1 rings (SSSR count). The van der Waals surface area contributed by atoms with Crippen molar-refractivity contribution in [3.8, 4) is 0 Å². The van der Waals surface area contributed by atoms with Crippen molar-refractivity contribution in [2.75, 3.05) is 0 Å². The van der Waals surface area contributed by atoms with Crippen molar-refractivity contribution in [2.45, 2.75) is 34.2 Å². The maximum atomic E-state index is 3.15. The van der Waals surface area contributed by atoms with Crippen LogP contribution in [0.15, 0.2) is 12.4 Å². The Kier molecular flexibility index (Phi) is 2.03. The summed E-state index contributed by atoms with van der Waals surface area (Å²) in [6.07, 6.45) is 4.06. The Labute approximate surface area is 68.3 Å². The fourth-order valence-electron chi connectivity index (χ4n) is 1.12. The molecule has 0 atom stereocenters. The zero-order chi connectivity index (χ0) is 8.48. The van der Waals surface area contributed by atoms with Crippen LogP contribution in [0.2, 0.25) is 0 Å². The molecule has 1 heterocycles. The van der Waals surface area contributed by atoms with E-state index in [4.69, 9.17) is 0 Å². The monoisotopic (exact) mass is 153 g/mol. The normalized spacial score (nSPS) is 12.0. The summed E-state index contributed by atoms with van der Waals surface area (Å²) < 4.78 is 2.24. The first kappa shape index (κ1) is 8.31. The van der Waals surface area contributed by atoms with Gasteiger partial charge < -0.3 is 0 Å². The highest BCUT2D eigenvalue weighted by Crippen LogP contribution is 2.12. The number of aromatic amines is 1. The molecule has 0 aliphatic heterocycles. The summed E-state index contributed by atoms with van der Waals surface area (Å²) in [4.78, 5) is 3.15. The van der Waals surface area contributed by atoms with Crippen LogP contribution >= 0.6 is 0 Å². The minimum atomic E-state index is 0.359. The Bertz CT molecular complexity index is 230. The van der Waals surface area contributed by atoms with Crippen LogP contribution in [-0.2, 0) is 6.54 Å². The number of hydrogen-bond donors (Lipinski definition) is 1. The largest absolute Gasteiger partial charge is 0.251 e. The molecule has 0 spiro atoms. The lowest BCUT2D eigenvalue weighted by Crippen LogP contribution is -2.40. The van der Waals surface area contributed by atoms with Crippen LogP contribution in [0.3, 0.4) is 0 Å². The van der Waals surface area contributed by atoms with Crippen molar-refractivity contribution in [3.63, 3.8) is 0 Å². The highest BCUT2D eigenvalue weighted by Gasteiger charge is 2.16. The topological polar surface area (TPSA) is 19.7 Å². The Balaban J connectivity index is 2.72. The third kappa shape index (κ3) is 2.37. The van der Waals surface area contributed by atoms with Crippen LogP contribution in [-0.4, -0.2) is 4.98 Å². The molecule has 0 aliphatic rings. The summed E-state index contributed by atoms with van der Waals surface area (Å²) >= 11 is 0. The van der Waals surface area contributed by atoms with Crippen LogP contribution in [0.5, 0.6) is 0 Å². The van der Waals surface area contributed by atoms with E-state index >= 15 is 0 Å². The standard InChI is InChI=1S/C9H16N2/c1-8-10-5-6-11(8)7-9(2,3)4/h5-6H,7H2,1-4H3/p+1. The number of rotatable bonds is 1. The van der Waals surface area contributed by atoms with Gasteiger partial charge in [0.25, 0.3) is 5.82 Å². The van der Waals surface area contributed by atoms with Gasteiger partial charge in [-0.2, -0.15) is 0 Å². The van der Waals surface area contributed by atoms with Gasteiger partial charge in [0.2, 0.25) is 0 Å². The molecule has 0 saturated carbocycles. The maximum absolute atomic E-state index is 3.15. The van der Waals surface area contributed by atoms with Crippen LogP contribution < -0.4 is 4.57 Å². The SMILES string of the molecule is Cc1[nH]cc[n+]1CC(C)(C)C. The molecule has 0 bridgehead atoms. The van der Waals surface area contributed by atoms with E-state index in [0.717, 1.165) is 6.54 Å². The smallest absolute Gasteiger partial charge is 0.248 e. The molecule has 0 unspecified atom stereocenters. The van der Waals surface area contributed by atoms with Crippen LogP contribution in [0.25, 0.3) is 0 Å². The van der Waals surface area contributed by atoms with Crippen molar-refractivity contribution in [3.05, 3.63) is 18.2 Å². The highest BCUT2D eigenvalue weighted by atomic mass is 15.1. The van der Waals surface area contributed by atoms with Gasteiger partial charge in [0, 0.05) is 6.92 Å². The lowest BCUT2D eigenvalue weighted by Gasteiger charge is -2.15. The molecule has 11 heavy (non-hydrogen) atoms. The van der Waals surface area contributed by atoms with Crippen molar-refractivity contribution >= 4 is 0 Å². The molecule has 1 aromatic heterocycles. The van der Waals surface area contributed by atoms with Gasteiger partial charge in [-0.05, 0) is 5.41 Å². The number of nitrogens with one attached hydrogen (secondary N) is 1. The van der Waals surface area contributed by atoms with Crippen LogP contribution in [0, 0.1) is 12.3 Å². The first-order valence-electron chi connectivity index (χ1n) is 4.02. The third-order valence-corrected chi connectivity index (χ3v) is 1.62. The average Bonchev–Trinajstić information content (AvgIpc) is 2.12. The highest BCUT2D eigenvalue weighted by molar-refractivity contribution is 4.71. The van der Waals surface area contributed by atoms with Gasteiger partial charge in [-0.25, -0.2) is 9.55 Å². The van der Waals surface area contributed by atoms with Gasteiger partial charge in [0.15, 0.2) is 0 Å². The lowest BCUT2D eigenvalue weighted by molar-refractivity contribution is -0.712. The molecular weight excluding hydrogens is 136 g/mol. The zero-order valence-electron chi connectivity index (χ0n) is 7.81. The van der Waals surface area contributed by atoms with Crippen LogP contribution in [0.4, 0.5) is 0 Å². The molecule has 2 nitrogen and oxygen atoms in total. The van der Waals surface area contributed by atoms with Crippen molar-refractivity contribution in [1.82, 2.24) is 4.98 Å². The summed E-state index contributed by atoms with van der Waals surface area (Å²) in [5, 5.41) is 0. The summed E-state index contributed by atoms with van der Waals surface area (Å²) in [7, 11) is 0. The van der Waals surface area contributed by atoms with Crippen molar-refractivity contribution < 1.29 is 4.57 Å². The molecule has 0 saturated heterocycles. The van der Waals surface area contributed by atoms with Gasteiger partial charge in [-0.15, -0.1) is 0 Å². The molecule has 1 aromatic rings. The van der Waals surface area contributed by atoms with E-state index in [0.29, 0.717) is 5.41 Å². The van der Waals surface area contributed by atoms with E-state index in [2.05, 4.69) is 43.4 Å². The van der Waals surface area contributed by atoms with E-state index in [-0.39, 0.29) is 0 Å². The van der Waals surface area contributed by atoms with E-state index < -0.39 is 0 Å². The van der Waals surface area contributed by atoms with Crippen LogP contribution in [0.1, 0.15) is 26.6 Å². The Hall–Kier alpha value is -0.790. The molecule has 0 aromatic carbocycles. The second kappa shape index (κ2) is 2.68. The Morgan fingerprint density at radius 3 is 2.45 bits per heavy atom. The molecule has 0 fully saturated rings. The summed E-state index contributed by atoms with van der Waals surface area (Å²) in [5.41, 5.74) is 0.359. The number of hydrogen-bond acceptors (Lipinski definition) is 0. The molecule has 0 amide bonds. The second-order valence-electron chi connectivity index (χ2n) is 4.23. The minimum Gasteiger partial charge on any atom is -0.248 e.